The first-order chi connectivity index (χ1) is 17.3. The Hall–Kier alpha value is -3.48. The number of nitrogens with zero attached hydrogens (tertiary/aromatic N) is 2. The molecule has 2 amide bonds. The van der Waals surface area contributed by atoms with Crippen molar-refractivity contribution in [3.63, 3.8) is 0 Å². The molecule has 1 aliphatic heterocycles. The number of Topliss-reactive ketones (excluding diaryl/α,β-unsaturated/α-hetero) is 1. The van der Waals surface area contributed by atoms with E-state index in [0.717, 1.165) is 36.6 Å². The number of ketones is 1. The van der Waals surface area contributed by atoms with Gasteiger partial charge in [0.15, 0.2) is 5.78 Å². The SMILES string of the molecule is CC(=O)c1cn(CC(=O)N2[C@H](C(=O)NCc3cccc(C)c3F)C[C@@H]3CCCC[C@@H]32)c2ccccc12. The fraction of sp³-hybridized carbons (Fsp3) is 0.414. The fourth-order valence-corrected chi connectivity index (χ4v) is 6.08. The minimum absolute atomic E-state index is 0.0341. The second-order valence-corrected chi connectivity index (χ2v) is 10.2. The van der Waals surface area contributed by atoms with Crippen LogP contribution in [-0.2, 0) is 22.7 Å². The zero-order valence-electron chi connectivity index (χ0n) is 20.8. The number of likely N-dealkylation sites (tertiary alicyclic amines) is 1. The summed E-state index contributed by atoms with van der Waals surface area (Å²) in [5, 5.41) is 3.72. The number of aryl methyl sites for hydroxylation is 1. The van der Waals surface area contributed by atoms with E-state index in [1.807, 2.05) is 28.8 Å². The third-order valence-electron chi connectivity index (χ3n) is 7.88. The highest BCUT2D eigenvalue weighted by Crippen LogP contribution is 2.40. The van der Waals surface area contributed by atoms with Crippen LogP contribution in [0.1, 0.15) is 60.5 Å². The maximum Gasteiger partial charge on any atom is 0.243 e. The van der Waals surface area contributed by atoms with Crippen molar-refractivity contribution in [2.24, 2.45) is 5.92 Å². The Kier molecular flexibility index (Phi) is 6.65. The van der Waals surface area contributed by atoms with Gasteiger partial charge in [0.2, 0.25) is 11.8 Å². The van der Waals surface area contributed by atoms with Crippen LogP contribution in [0.3, 0.4) is 0 Å². The molecule has 0 bridgehead atoms. The Labute approximate surface area is 210 Å². The molecular weight excluding hydrogens is 457 g/mol. The normalized spacial score (nSPS) is 21.4. The van der Waals surface area contributed by atoms with Gasteiger partial charge in [-0.1, -0.05) is 49.2 Å². The Morgan fingerprint density at radius 3 is 2.64 bits per heavy atom. The van der Waals surface area contributed by atoms with E-state index in [-0.39, 0.29) is 42.5 Å². The Morgan fingerprint density at radius 2 is 1.83 bits per heavy atom. The molecule has 1 aromatic heterocycles. The summed E-state index contributed by atoms with van der Waals surface area (Å²) in [6, 6.07) is 12.2. The number of rotatable bonds is 6. The van der Waals surface area contributed by atoms with Crippen molar-refractivity contribution in [1.82, 2.24) is 14.8 Å². The number of hydrogen-bond donors (Lipinski definition) is 1. The Balaban J connectivity index is 1.39. The van der Waals surface area contributed by atoms with Gasteiger partial charge in [-0.25, -0.2) is 4.39 Å². The van der Waals surface area contributed by atoms with E-state index in [9.17, 15) is 18.8 Å². The molecule has 2 aliphatic rings. The first kappa shape index (κ1) is 24.2. The standard InChI is InChI=1S/C29H32FN3O3/c1-18-8-7-10-21(28(18)30)15-31-29(36)26-14-20-9-3-5-12-24(20)33(26)27(35)17-32-16-23(19(2)34)22-11-4-6-13-25(22)32/h4,6-8,10-11,13,16,20,24,26H,3,5,9,12,14-15,17H2,1-2H3,(H,31,36)/t20-,24-,26-/m0/s1. The van der Waals surface area contributed by atoms with Crippen LogP contribution in [0.4, 0.5) is 4.39 Å². The lowest BCUT2D eigenvalue weighted by atomic mass is 9.84. The third-order valence-corrected chi connectivity index (χ3v) is 7.88. The molecule has 1 saturated carbocycles. The zero-order valence-corrected chi connectivity index (χ0v) is 20.8. The van der Waals surface area contributed by atoms with Gasteiger partial charge in [0, 0.05) is 40.8 Å². The molecule has 1 aliphatic carbocycles. The number of benzene rings is 2. The maximum atomic E-state index is 14.5. The molecule has 2 aromatic carbocycles. The van der Waals surface area contributed by atoms with Gasteiger partial charge in [0.25, 0.3) is 0 Å². The van der Waals surface area contributed by atoms with Crippen LogP contribution in [0, 0.1) is 18.7 Å². The van der Waals surface area contributed by atoms with Gasteiger partial charge >= 0.3 is 0 Å². The number of hydrogen-bond acceptors (Lipinski definition) is 3. The average Bonchev–Trinajstić information content (AvgIpc) is 3.44. The third kappa shape index (κ3) is 4.43. The van der Waals surface area contributed by atoms with E-state index < -0.39 is 6.04 Å². The maximum absolute atomic E-state index is 14.5. The van der Waals surface area contributed by atoms with Crippen molar-refractivity contribution < 1.29 is 18.8 Å². The highest BCUT2D eigenvalue weighted by Gasteiger charge is 2.47. The molecule has 2 fully saturated rings. The average molecular weight is 490 g/mol. The van der Waals surface area contributed by atoms with E-state index in [1.165, 1.54) is 6.92 Å². The molecule has 0 unspecified atom stereocenters. The lowest BCUT2D eigenvalue weighted by Crippen LogP contribution is -2.50. The number of carbonyl (C=O) groups is 3. The number of nitrogens with one attached hydrogen (secondary N) is 1. The molecule has 0 spiro atoms. The van der Waals surface area contributed by atoms with Crippen molar-refractivity contribution in [1.29, 1.82) is 0 Å². The number of carbonyl (C=O) groups excluding carboxylic acids is 3. The Bertz CT molecular complexity index is 1330. The number of aromatic nitrogens is 1. The molecule has 1 saturated heterocycles. The van der Waals surface area contributed by atoms with E-state index in [0.29, 0.717) is 29.0 Å². The second-order valence-electron chi connectivity index (χ2n) is 10.2. The van der Waals surface area contributed by atoms with Crippen LogP contribution < -0.4 is 5.32 Å². The predicted molar refractivity (Wildman–Crippen MR) is 136 cm³/mol. The van der Waals surface area contributed by atoms with Gasteiger partial charge in [-0.2, -0.15) is 0 Å². The van der Waals surface area contributed by atoms with Gasteiger partial charge in [0.1, 0.15) is 18.4 Å². The van der Waals surface area contributed by atoms with E-state index in [1.54, 1.807) is 36.2 Å². The molecular formula is C29H32FN3O3. The van der Waals surface area contributed by atoms with Crippen molar-refractivity contribution >= 4 is 28.5 Å². The summed E-state index contributed by atoms with van der Waals surface area (Å²) in [5.41, 5.74) is 2.39. The molecule has 188 valence electrons. The highest BCUT2D eigenvalue weighted by molar-refractivity contribution is 6.07. The van der Waals surface area contributed by atoms with Crippen molar-refractivity contribution in [3.05, 3.63) is 71.2 Å². The second kappa shape index (κ2) is 9.88. The number of halogens is 1. The van der Waals surface area contributed by atoms with Gasteiger partial charge < -0.3 is 14.8 Å². The van der Waals surface area contributed by atoms with Crippen LogP contribution in [0.2, 0.25) is 0 Å². The highest BCUT2D eigenvalue weighted by atomic mass is 19.1. The molecule has 3 aromatic rings. The van der Waals surface area contributed by atoms with Crippen molar-refractivity contribution in [3.8, 4) is 0 Å². The monoisotopic (exact) mass is 489 g/mol. The summed E-state index contributed by atoms with van der Waals surface area (Å²) in [6.07, 6.45) is 6.41. The minimum Gasteiger partial charge on any atom is -0.350 e. The van der Waals surface area contributed by atoms with Crippen molar-refractivity contribution in [2.45, 2.75) is 71.1 Å². The molecule has 0 radical (unpaired) electrons. The zero-order chi connectivity index (χ0) is 25.4. The topological polar surface area (TPSA) is 71.4 Å². The largest absolute Gasteiger partial charge is 0.350 e. The number of amides is 2. The van der Waals surface area contributed by atoms with Crippen molar-refractivity contribution in [2.75, 3.05) is 0 Å². The van der Waals surface area contributed by atoms with E-state index >= 15 is 0 Å². The molecule has 1 N–H and O–H groups in total. The van der Waals surface area contributed by atoms with Crippen LogP contribution in [-0.4, -0.2) is 39.1 Å². The first-order valence-electron chi connectivity index (χ1n) is 12.8. The number of para-hydroxylation sites is 1. The Morgan fingerprint density at radius 1 is 1.06 bits per heavy atom. The van der Waals surface area contributed by atoms with Gasteiger partial charge in [-0.15, -0.1) is 0 Å². The number of fused-ring (bicyclic) bond motifs is 2. The first-order valence-corrected chi connectivity index (χ1v) is 12.8. The van der Waals surface area contributed by atoms with Crippen LogP contribution in [0.5, 0.6) is 0 Å². The molecule has 36 heavy (non-hydrogen) atoms. The summed E-state index contributed by atoms with van der Waals surface area (Å²) >= 11 is 0. The molecule has 3 atom stereocenters. The summed E-state index contributed by atoms with van der Waals surface area (Å²) < 4.78 is 16.3. The smallest absolute Gasteiger partial charge is 0.243 e. The molecule has 5 rings (SSSR count). The van der Waals surface area contributed by atoms with Crippen LogP contribution in [0.15, 0.2) is 48.7 Å². The van der Waals surface area contributed by atoms with Gasteiger partial charge in [-0.05, 0) is 50.7 Å². The quantitative estimate of drug-likeness (QED) is 0.507. The molecule has 2 heterocycles. The summed E-state index contributed by atoms with van der Waals surface area (Å²) in [7, 11) is 0. The minimum atomic E-state index is -0.576. The fourth-order valence-electron chi connectivity index (χ4n) is 6.08. The van der Waals surface area contributed by atoms with Crippen LogP contribution >= 0.6 is 0 Å². The molecule has 7 heteroatoms. The van der Waals surface area contributed by atoms with Crippen LogP contribution in [0.25, 0.3) is 10.9 Å². The van der Waals surface area contributed by atoms with Gasteiger partial charge in [0.05, 0.1) is 0 Å². The summed E-state index contributed by atoms with van der Waals surface area (Å²) in [4.78, 5) is 41.1. The van der Waals surface area contributed by atoms with E-state index in [2.05, 4.69) is 5.32 Å². The lowest BCUT2D eigenvalue weighted by Gasteiger charge is -2.34. The lowest BCUT2D eigenvalue weighted by molar-refractivity contribution is -0.141. The summed E-state index contributed by atoms with van der Waals surface area (Å²) in [6.45, 7) is 3.38. The predicted octanol–water partition coefficient (Wildman–Crippen LogP) is 4.77. The van der Waals surface area contributed by atoms with Gasteiger partial charge in [-0.3, -0.25) is 14.4 Å². The van der Waals surface area contributed by atoms with E-state index in [4.69, 9.17) is 0 Å². The summed E-state index contributed by atoms with van der Waals surface area (Å²) in [5.74, 6) is -0.427. The molecule has 6 nitrogen and oxygen atoms in total.